The molecule has 0 aliphatic carbocycles. The molecule has 0 radical (unpaired) electrons. The molecule has 2 N–H and O–H groups in total. The molecule has 5 nitrogen and oxygen atoms in total. The van der Waals surface area contributed by atoms with Crippen LogP contribution in [0.4, 0.5) is 11.4 Å². The van der Waals surface area contributed by atoms with Gasteiger partial charge in [0.25, 0.3) is 5.91 Å². The molecule has 0 spiro atoms. The number of amides is 2. The lowest BCUT2D eigenvalue weighted by Crippen LogP contribution is -2.13. The van der Waals surface area contributed by atoms with E-state index in [-0.39, 0.29) is 11.8 Å². The van der Waals surface area contributed by atoms with Crippen LogP contribution in [0.5, 0.6) is 5.75 Å². The Balaban J connectivity index is 1.52. The highest BCUT2D eigenvalue weighted by molar-refractivity contribution is 9.10. The summed E-state index contributed by atoms with van der Waals surface area (Å²) in [5.74, 6) is 0.448. The van der Waals surface area contributed by atoms with Crippen molar-refractivity contribution in [2.24, 2.45) is 0 Å². The number of hydrogen-bond donors (Lipinski definition) is 2. The number of anilines is 2. The second-order valence-electron chi connectivity index (χ2n) is 7.06. The van der Waals surface area contributed by atoms with E-state index in [1.54, 1.807) is 42.5 Å². The molecular weight excluding hydrogens is 456 g/mol. The average Bonchev–Trinajstić information content (AvgIpc) is 2.79. The van der Waals surface area contributed by atoms with Gasteiger partial charge in [0.05, 0.1) is 11.1 Å². The van der Waals surface area contributed by atoms with Crippen LogP contribution in [0, 0.1) is 0 Å². The number of halogens is 1. The Morgan fingerprint density at radius 1 is 0.903 bits per heavy atom. The van der Waals surface area contributed by atoms with Gasteiger partial charge in [-0.2, -0.15) is 0 Å². The Labute approximate surface area is 191 Å². The molecule has 160 valence electrons. The Bertz CT molecular complexity index is 1020. The van der Waals surface area contributed by atoms with Crippen LogP contribution in [0.15, 0.2) is 77.3 Å². The van der Waals surface area contributed by atoms with E-state index in [9.17, 15) is 9.59 Å². The number of benzene rings is 3. The maximum atomic E-state index is 12.5. The van der Waals surface area contributed by atoms with Gasteiger partial charge in [-0.3, -0.25) is 9.59 Å². The van der Waals surface area contributed by atoms with Crippen LogP contribution in [0.25, 0.3) is 0 Å². The Hall–Kier alpha value is -3.12. The Morgan fingerprint density at radius 3 is 2.23 bits per heavy atom. The fraction of sp³-hybridized carbons (Fsp3) is 0.200. The largest absolute Gasteiger partial charge is 0.492 e. The van der Waals surface area contributed by atoms with Crippen LogP contribution in [0.2, 0.25) is 0 Å². The summed E-state index contributed by atoms with van der Waals surface area (Å²) >= 11 is 3.45. The van der Waals surface area contributed by atoms with Crippen LogP contribution in [-0.4, -0.2) is 18.4 Å². The number of rotatable bonds is 9. The van der Waals surface area contributed by atoms with E-state index in [0.29, 0.717) is 42.1 Å². The van der Waals surface area contributed by atoms with Gasteiger partial charge in [-0.1, -0.05) is 37.3 Å². The summed E-state index contributed by atoms with van der Waals surface area (Å²) in [6.45, 7) is 2.66. The van der Waals surface area contributed by atoms with Gasteiger partial charge in [-0.15, -0.1) is 0 Å². The lowest BCUT2D eigenvalue weighted by atomic mass is 10.1. The first kappa shape index (κ1) is 22.6. The van der Waals surface area contributed by atoms with Crippen molar-refractivity contribution < 1.29 is 14.3 Å². The van der Waals surface area contributed by atoms with Crippen molar-refractivity contribution in [3.05, 3.63) is 88.4 Å². The van der Waals surface area contributed by atoms with Crippen molar-refractivity contribution in [3.8, 4) is 5.75 Å². The van der Waals surface area contributed by atoms with Crippen LogP contribution < -0.4 is 15.4 Å². The predicted octanol–water partition coefficient (Wildman–Crippen LogP) is 6.06. The zero-order valence-corrected chi connectivity index (χ0v) is 18.9. The minimum absolute atomic E-state index is 0.0455. The maximum absolute atomic E-state index is 12.5. The van der Waals surface area contributed by atoms with Gasteiger partial charge in [0.2, 0.25) is 5.91 Å². The number of aryl methyl sites for hydroxylation is 1. The third-order valence-electron chi connectivity index (χ3n) is 4.57. The Kier molecular flexibility index (Phi) is 8.24. The number of hydrogen-bond acceptors (Lipinski definition) is 3. The summed E-state index contributed by atoms with van der Waals surface area (Å²) in [6, 6.07) is 22.2. The lowest BCUT2D eigenvalue weighted by molar-refractivity contribution is -0.116. The minimum Gasteiger partial charge on any atom is -0.492 e. The first-order chi connectivity index (χ1) is 15.0. The van der Waals surface area contributed by atoms with E-state index in [1.165, 1.54) is 0 Å². The van der Waals surface area contributed by atoms with E-state index >= 15 is 0 Å². The maximum Gasteiger partial charge on any atom is 0.255 e. The van der Waals surface area contributed by atoms with E-state index in [4.69, 9.17) is 4.74 Å². The smallest absolute Gasteiger partial charge is 0.255 e. The number of carbonyl (C=O) groups excluding carboxylic acids is 2. The molecule has 0 heterocycles. The SMILES string of the molecule is CCCOc1ccc(C(=O)Nc2ccc(NC(=O)CCc3ccccc3)cc2)cc1Br. The van der Waals surface area contributed by atoms with Crippen LogP contribution in [0.3, 0.4) is 0 Å². The standard InChI is InChI=1S/C25H25BrN2O3/c1-2-16-31-23-14-9-19(17-22(23)26)25(30)28-21-12-10-20(11-13-21)27-24(29)15-8-18-6-4-3-5-7-18/h3-7,9-14,17H,2,8,15-16H2,1H3,(H,27,29)(H,28,30). The van der Waals surface area contributed by atoms with Gasteiger partial charge in [0.15, 0.2) is 0 Å². The summed E-state index contributed by atoms with van der Waals surface area (Å²) in [5, 5.41) is 5.75. The molecule has 2 amide bonds. The molecule has 31 heavy (non-hydrogen) atoms. The second kappa shape index (κ2) is 11.3. The average molecular weight is 481 g/mol. The van der Waals surface area contributed by atoms with Gasteiger partial charge in [-0.05, 0) is 76.8 Å². The normalized spacial score (nSPS) is 10.4. The van der Waals surface area contributed by atoms with E-state index < -0.39 is 0 Å². The quantitative estimate of drug-likeness (QED) is 0.390. The van der Waals surface area contributed by atoms with Crippen molar-refractivity contribution in [1.29, 1.82) is 0 Å². The fourth-order valence-corrected chi connectivity index (χ4v) is 3.43. The molecule has 3 rings (SSSR count). The van der Waals surface area contributed by atoms with Crippen molar-refractivity contribution in [2.75, 3.05) is 17.2 Å². The Morgan fingerprint density at radius 2 is 1.58 bits per heavy atom. The van der Waals surface area contributed by atoms with Gasteiger partial charge < -0.3 is 15.4 Å². The van der Waals surface area contributed by atoms with E-state index in [1.807, 2.05) is 37.3 Å². The van der Waals surface area contributed by atoms with Gasteiger partial charge in [0.1, 0.15) is 5.75 Å². The third-order valence-corrected chi connectivity index (χ3v) is 5.19. The molecule has 0 unspecified atom stereocenters. The predicted molar refractivity (Wildman–Crippen MR) is 128 cm³/mol. The molecule has 0 aliphatic heterocycles. The highest BCUT2D eigenvalue weighted by atomic mass is 79.9. The third kappa shape index (κ3) is 6.96. The monoisotopic (exact) mass is 480 g/mol. The zero-order valence-electron chi connectivity index (χ0n) is 17.4. The molecule has 0 saturated heterocycles. The molecule has 0 saturated carbocycles. The van der Waals surface area contributed by atoms with Gasteiger partial charge in [-0.25, -0.2) is 0 Å². The number of ether oxygens (including phenoxy) is 1. The van der Waals surface area contributed by atoms with Gasteiger partial charge >= 0.3 is 0 Å². The molecule has 0 aliphatic rings. The summed E-state index contributed by atoms with van der Waals surface area (Å²) in [6.07, 6.45) is 2.02. The molecule has 0 aromatic heterocycles. The zero-order chi connectivity index (χ0) is 22.1. The van der Waals surface area contributed by atoms with Gasteiger partial charge in [0, 0.05) is 23.4 Å². The van der Waals surface area contributed by atoms with Crippen molar-refractivity contribution in [2.45, 2.75) is 26.2 Å². The molecule has 6 heteroatoms. The highest BCUT2D eigenvalue weighted by Crippen LogP contribution is 2.26. The summed E-state index contributed by atoms with van der Waals surface area (Å²) in [5.41, 5.74) is 2.99. The second-order valence-corrected chi connectivity index (χ2v) is 7.91. The summed E-state index contributed by atoms with van der Waals surface area (Å²) in [7, 11) is 0. The molecule has 0 fully saturated rings. The minimum atomic E-state index is -0.220. The van der Waals surface area contributed by atoms with E-state index in [0.717, 1.165) is 16.5 Å². The number of nitrogens with one attached hydrogen (secondary N) is 2. The first-order valence-corrected chi connectivity index (χ1v) is 11.0. The highest BCUT2D eigenvalue weighted by Gasteiger charge is 2.10. The summed E-state index contributed by atoms with van der Waals surface area (Å²) < 4.78 is 6.35. The fourth-order valence-electron chi connectivity index (χ4n) is 2.94. The number of carbonyl (C=O) groups is 2. The van der Waals surface area contributed by atoms with Crippen molar-refractivity contribution >= 4 is 39.1 Å². The van der Waals surface area contributed by atoms with Crippen LogP contribution in [-0.2, 0) is 11.2 Å². The van der Waals surface area contributed by atoms with E-state index in [2.05, 4.69) is 26.6 Å². The molecule has 0 atom stereocenters. The lowest BCUT2D eigenvalue weighted by Gasteiger charge is -2.10. The molecular formula is C25H25BrN2O3. The van der Waals surface area contributed by atoms with Crippen LogP contribution in [0.1, 0.15) is 35.7 Å². The molecule has 0 bridgehead atoms. The molecule has 3 aromatic rings. The first-order valence-electron chi connectivity index (χ1n) is 10.2. The molecule has 3 aromatic carbocycles. The van der Waals surface area contributed by atoms with Crippen molar-refractivity contribution in [1.82, 2.24) is 0 Å². The summed E-state index contributed by atoms with van der Waals surface area (Å²) in [4.78, 5) is 24.7. The topological polar surface area (TPSA) is 67.4 Å². The van der Waals surface area contributed by atoms with Crippen molar-refractivity contribution in [3.63, 3.8) is 0 Å². The van der Waals surface area contributed by atoms with Crippen LogP contribution >= 0.6 is 15.9 Å².